The van der Waals surface area contributed by atoms with E-state index in [1.54, 1.807) is 31.2 Å². The highest BCUT2D eigenvalue weighted by Gasteiger charge is 2.17. The van der Waals surface area contributed by atoms with E-state index < -0.39 is 4.92 Å². The molecule has 0 unspecified atom stereocenters. The van der Waals surface area contributed by atoms with E-state index in [9.17, 15) is 10.1 Å². The van der Waals surface area contributed by atoms with Crippen LogP contribution in [-0.2, 0) is 6.61 Å². The Hall–Kier alpha value is -2.47. The number of rotatable bonds is 4. The van der Waals surface area contributed by atoms with Gasteiger partial charge in [-0.05, 0) is 30.2 Å². The zero-order valence-electron chi connectivity index (χ0n) is 10.2. The normalized spacial score (nSPS) is 10.2. The summed E-state index contributed by atoms with van der Waals surface area (Å²) < 4.78 is 5.40. The van der Waals surface area contributed by atoms with Gasteiger partial charge in [0.1, 0.15) is 5.75 Å². The van der Waals surface area contributed by atoms with Crippen molar-refractivity contribution < 1.29 is 14.8 Å². The van der Waals surface area contributed by atoms with Crippen LogP contribution in [0.2, 0.25) is 0 Å². The standard InChI is InChI=1S/C13H12N2O4/c1-9-5-12(15(17)18)13(14-7-9)19-11-4-2-3-10(6-11)8-16/h2-7,16H,8H2,1H3. The minimum Gasteiger partial charge on any atom is -0.434 e. The predicted octanol–water partition coefficient (Wildman–Crippen LogP) is 2.58. The summed E-state index contributed by atoms with van der Waals surface area (Å²) in [4.78, 5) is 14.3. The molecule has 19 heavy (non-hydrogen) atoms. The molecule has 0 bridgehead atoms. The van der Waals surface area contributed by atoms with Crippen LogP contribution >= 0.6 is 0 Å². The topological polar surface area (TPSA) is 85.5 Å². The van der Waals surface area contributed by atoms with Crippen molar-refractivity contribution >= 4 is 5.69 Å². The van der Waals surface area contributed by atoms with E-state index >= 15 is 0 Å². The van der Waals surface area contributed by atoms with E-state index in [1.807, 2.05) is 0 Å². The number of benzene rings is 1. The van der Waals surface area contributed by atoms with Gasteiger partial charge in [0.15, 0.2) is 0 Å². The molecule has 98 valence electrons. The maximum absolute atomic E-state index is 10.9. The van der Waals surface area contributed by atoms with Gasteiger partial charge < -0.3 is 9.84 Å². The number of aliphatic hydroxyl groups is 1. The average Bonchev–Trinajstić information content (AvgIpc) is 2.41. The van der Waals surface area contributed by atoms with E-state index in [2.05, 4.69) is 4.98 Å². The lowest BCUT2D eigenvalue weighted by molar-refractivity contribution is -0.386. The number of pyridine rings is 1. The molecule has 1 aromatic carbocycles. The summed E-state index contributed by atoms with van der Waals surface area (Å²) in [6, 6.07) is 8.07. The minimum absolute atomic E-state index is 0.0642. The van der Waals surface area contributed by atoms with E-state index in [4.69, 9.17) is 9.84 Å². The van der Waals surface area contributed by atoms with Gasteiger partial charge in [0.2, 0.25) is 0 Å². The molecule has 0 amide bonds. The Morgan fingerprint density at radius 3 is 2.89 bits per heavy atom. The molecule has 6 heteroatoms. The van der Waals surface area contributed by atoms with Gasteiger partial charge in [0.25, 0.3) is 5.88 Å². The largest absolute Gasteiger partial charge is 0.434 e. The third-order valence-corrected chi connectivity index (χ3v) is 2.46. The van der Waals surface area contributed by atoms with Crippen LogP contribution in [0.15, 0.2) is 36.5 Å². The SMILES string of the molecule is Cc1cnc(Oc2cccc(CO)c2)c([N+](=O)[O-])c1. The van der Waals surface area contributed by atoms with Gasteiger partial charge in [-0.2, -0.15) is 0 Å². The molecule has 0 radical (unpaired) electrons. The van der Waals surface area contributed by atoms with Gasteiger partial charge >= 0.3 is 5.69 Å². The predicted molar refractivity (Wildman–Crippen MR) is 68.1 cm³/mol. The molecule has 0 aliphatic rings. The third kappa shape index (κ3) is 3.05. The molecule has 0 saturated carbocycles. The lowest BCUT2D eigenvalue weighted by atomic mass is 10.2. The van der Waals surface area contributed by atoms with Crippen molar-refractivity contribution in [2.45, 2.75) is 13.5 Å². The maximum Gasteiger partial charge on any atom is 0.331 e. The molecule has 0 aliphatic heterocycles. The number of aliphatic hydroxyl groups excluding tert-OH is 1. The molecule has 0 saturated heterocycles. The van der Waals surface area contributed by atoms with Crippen molar-refractivity contribution in [1.29, 1.82) is 0 Å². The fourth-order valence-electron chi connectivity index (χ4n) is 1.57. The van der Waals surface area contributed by atoms with Crippen molar-refractivity contribution in [2.24, 2.45) is 0 Å². The van der Waals surface area contributed by atoms with Gasteiger partial charge in [0, 0.05) is 12.3 Å². The van der Waals surface area contributed by atoms with E-state index in [-0.39, 0.29) is 18.2 Å². The molecule has 2 rings (SSSR count). The second-order valence-corrected chi connectivity index (χ2v) is 4.00. The number of nitrogens with zero attached hydrogens (tertiary/aromatic N) is 2. The van der Waals surface area contributed by atoms with Gasteiger partial charge in [-0.15, -0.1) is 0 Å². The van der Waals surface area contributed by atoms with E-state index in [0.29, 0.717) is 16.9 Å². The first-order chi connectivity index (χ1) is 9.10. The maximum atomic E-state index is 10.9. The molecule has 6 nitrogen and oxygen atoms in total. The second-order valence-electron chi connectivity index (χ2n) is 4.00. The molecule has 1 aromatic heterocycles. The summed E-state index contributed by atoms with van der Waals surface area (Å²) in [5.41, 5.74) is 1.16. The molecular weight excluding hydrogens is 248 g/mol. The summed E-state index contributed by atoms with van der Waals surface area (Å²) in [7, 11) is 0. The first-order valence-electron chi connectivity index (χ1n) is 5.59. The number of hydrogen-bond donors (Lipinski definition) is 1. The highest BCUT2D eigenvalue weighted by atomic mass is 16.6. The van der Waals surface area contributed by atoms with Crippen molar-refractivity contribution in [3.63, 3.8) is 0 Å². The lowest BCUT2D eigenvalue weighted by Gasteiger charge is -2.06. The highest BCUT2D eigenvalue weighted by molar-refractivity contribution is 5.45. The Morgan fingerprint density at radius 2 is 2.21 bits per heavy atom. The van der Waals surface area contributed by atoms with Gasteiger partial charge in [-0.1, -0.05) is 12.1 Å². The van der Waals surface area contributed by atoms with Crippen LogP contribution in [0.1, 0.15) is 11.1 Å². The third-order valence-electron chi connectivity index (χ3n) is 2.46. The summed E-state index contributed by atoms with van der Waals surface area (Å²) in [5.74, 6) is 0.330. The summed E-state index contributed by atoms with van der Waals surface area (Å²) in [6.07, 6.45) is 1.50. The zero-order valence-corrected chi connectivity index (χ0v) is 10.2. The molecule has 0 aliphatic carbocycles. The molecule has 2 aromatic rings. The first kappa shape index (κ1) is 13.0. The fraction of sp³-hybridized carbons (Fsp3) is 0.154. The van der Waals surface area contributed by atoms with Crippen LogP contribution in [0, 0.1) is 17.0 Å². The zero-order chi connectivity index (χ0) is 13.8. The smallest absolute Gasteiger partial charge is 0.331 e. The monoisotopic (exact) mass is 260 g/mol. The fourth-order valence-corrected chi connectivity index (χ4v) is 1.57. The number of ether oxygens (including phenoxy) is 1. The highest BCUT2D eigenvalue weighted by Crippen LogP contribution is 2.29. The number of aryl methyl sites for hydroxylation is 1. The van der Waals surface area contributed by atoms with Crippen LogP contribution in [0.25, 0.3) is 0 Å². The van der Waals surface area contributed by atoms with Crippen molar-refractivity contribution in [3.8, 4) is 11.6 Å². The van der Waals surface area contributed by atoms with Crippen molar-refractivity contribution in [2.75, 3.05) is 0 Å². The van der Waals surface area contributed by atoms with Gasteiger partial charge in [-0.3, -0.25) is 10.1 Å². The molecule has 1 heterocycles. The first-order valence-corrected chi connectivity index (χ1v) is 5.59. The average molecular weight is 260 g/mol. The summed E-state index contributed by atoms with van der Waals surface area (Å²) in [6.45, 7) is 1.59. The Labute approximate surface area is 109 Å². The van der Waals surface area contributed by atoms with Crippen LogP contribution in [0.4, 0.5) is 5.69 Å². The second kappa shape index (κ2) is 5.45. The van der Waals surface area contributed by atoms with E-state index in [1.165, 1.54) is 12.3 Å². The molecule has 0 atom stereocenters. The van der Waals surface area contributed by atoms with Gasteiger partial charge in [0.05, 0.1) is 11.5 Å². The van der Waals surface area contributed by atoms with Crippen LogP contribution in [0.5, 0.6) is 11.6 Å². The van der Waals surface area contributed by atoms with E-state index in [0.717, 1.165) is 0 Å². The molecule has 0 spiro atoms. The summed E-state index contributed by atoms with van der Waals surface area (Å²) >= 11 is 0. The number of aromatic nitrogens is 1. The Kier molecular flexibility index (Phi) is 3.72. The van der Waals surface area contributed by atoms with Crippen molar-refractivity contribution in [1.82, 2.24) is 4.98 Å². The summed E-state index contributed by atoms with van der Waals surface area (Å²) in [5, 5.41) is 20.0. The number of nitro groups is 1. The van der Waals surface area contributed by atoms with Crippen LogP contribution in [0.3, 0.4) is 0 Å². The van der Waals surface area contributed by atoms with Crippen LogP contribution in [-0.4, -0.2) is 15.0 Å². The van der Waals surface area contributed by atoms with Crippen LogP contribution < -0.4 is 4.74 Å². The Balaban J connectivity index is 2.34. The quantitative estimate of drug-likeness (QED) is 0.674. The van der Waals surface area contributed by atoms with Gasteiger partial charge in [-0.25, -0.2) is 4.98 Å². The lowest BCUT2D eigenvalue weighted by Crippen LogP contribution is -1.97. The molecular formula is C13H12N2O4. The number of hydrogen-bond acceptors (Lipinski definition) is 5. The van der Waals surface area contributed by atoms with Crippen molar-refractivity contribution in [3.05, 3.63) is 57.8 Å². The minimum atomic E-state index is -0.536. The molecule has 1 N–H and O–H groups in total. The molecule has 0 fully saturated rings. The Bertz CT molecular complexity index is 613. The Morgan fingerprint density at radius 1 is 1.42 bits per heavy atom.